The molecular formula is C71H130O6. The highest BCUT2D eigenvalue weighted by atomic mass is 16.6. The molecule has 1 atom stereocenters. The van der Waals surface area contributed by atoms with Gasteiger partial charge in [0.1, 0.15) is 13.2 Å². The van der Waals surface area contributed by atoms with Crippen LogP contribution in [0.1, 0.15) is 367 Å². The monoisotopic (exact) mass is 1080 g/mol. The first kappa shape index (κ1) is 74.4. The van der Waals surface area contributed by atoms with Gasteiger partial charge in [0.05, 0.1) is 0 Å². The lowest BCUT2D eigenvalue weighted by molar-refractivity contribution is -0.167. The van der Waals surface area contributed by atoms with Gasteiger partial charge in [-0.1, -0.05) is 320 Å². The molecule has 0 bridgehead atoms. The molecule has 0 rings (SSSR count). The Balaban J connectivity index is 4.14. The van der Waals surface area contributed by atoms with Crippen molar-refractivity contribution in [2.75, 3.05) is 13.2 Å². The van der Waals surface area contributed by atoms with Crippen LogP contribution in [0.4, 0.5) is 0 Å². The van der Waals surface area contributed by atoms with E-state index < -0.39 is 6.10 Å². The van der Waals surface area contributed by atoms with Crippen LogP contribution < -0.4 is 0 Å². The molecule has 0 saturated heterocycles. The molecule has 0 radical (unpaired) electrons. The highest BCUT2D eigenvalue weighted by Crippen LogP contribution is 2.18. The lowest BCUT2D eigenvalue weighted by atomic mass is 10.0. The normalized spacial score (nSPS) is 12.3. The Hall–Kier alpha value is -2.63. The Morgan fingerprint density at radius 1 is 0.273 bits per heavy atom. The molecule has 0 aromatic carbocycles. The van der Waals surface area contributed by atoms with E-state index in [1.807, 2.05) is 0 Å². The SMILES string of the molecule is CC/C=C\C/C=C\C/C=C\CCCCCCCCCC(=O)OC(COC(=O)CCCCCCC/C=C\CCCCC)COC(=O)CCCCCCCCCCCCCCCCCCCCCCCCCCCCCCCC. The molecule has 77 heavy (non-hydrogen) atoms. The van der Waals surface area contributed by atoms with Gasteiger partial charge in [-0.3, -0.25) is 14.4 Å². The van der Waals surface area contributed by atoms with Crippen molar-refractivity contribution >= 4 is 17.9 Å². The first-order valence-corrected chi connectivity index (χ1v) is 34.1. The quantitative estimate of drug-likeness (QED) is 0.0261. The maximum absolute atomic E-state index is 12.9. The zero-order valence-electron chi connectivity index (χ0n) is 51.7. The largest absolute Gasteiger partial charge is 0.462 e. The van der Waals surface area contributed by atoms with Crippen LogP contribution in [-0.4, -0.2) is 37.2 Å². The molecule has 6 nitrogen and oxygen atoms in total. The van der Waals surface area contributed by atoms with E-state index >= 15 is 0 Å². The van der Waals surface area contributed by atoms with Crippen LogP contribution >= 0.6 is 0 Å². The van der Waals surface area contributed by atoms with Gasteiger partial charge in [0.15, 0.2) is 6.10 Å². The van der Waals surface area contributed by atoms with E-state index in [2.05, 4.69) is 69.4 Å². The van der Waals surface area contributed by atoms with E-state index in [9.17, 15) is 14.4 Å². The molecular weight excluding hydrogens is 949 g/mol. The van der Waals surface area contributed by atoms with E-state index in [4.69, 9.17) is 14.2 Å². The maximum Gasteiger partial charge on any atom is 0.306 e. The molecule has 0 heterocycles. The standard InChI is InChI=1S/C71H130O6/c1-4-7-10-13-16-19-22-25-27-29-30-31-32-33-34-35-36-37-38-39-40-41-43-44-46-49-52-55-58-61-64-70(73)76-67-68(66-75-69(72)63-60-57-54-51-48-24-21-18-15-12-9-6-3)77-71(74)65-62-59-56-53-50-47-45-42-28-26-23-20-17-14-11-8-5-2/h8,11,17-18,20-21,26,28,68H,4-7,9-10,12-16,19,22-25,27,29-67H2,1-3H3/b11-8-,20-17-,21-18-,28-26-. The van der Waals surface area contributed by atoms with E-state index in [0.29, 0.717) is 19.3 Å². The summed E-state index contributed by atoms with van der Waals surface area (Å²) in [5, 5.41) is 0. The Labute approximate surface area is 479 Å². The average molecular weight is 1080 g/mol. The van der Waals surface area contributed by atoms with Crippen LogP contribution in [0, 0.1) is 0 Å². The zero-order valence-corrected chi connectivity index (χ0v) is 51.7. The lowest BCUT2D eigenvalue weighted by Gasteiger charge is -2.18. The van der Waals surface area contributed by atoms with Gasteiger partial charge in [-0.05, 0) is 77.0 Å². The minimum absolute atomic E-state index is 0.0764. The van der Waals surface area contributed by atoms with Crippen LogP contribution in [0.2, 0.25) is 0 Å². The van der Waals surface area contributed by atoms with Crippen LogP contribution in [0.5, 0.6) is 0 Å². The van der Waals surface area contributed by atoms with Gasteiger partial charge in [-0.2, -0.15) is 0 Å². The fourth-order valence-electron chi connectivity index (χ4n) is 10.2. The third-order valence-corrected chi connectivity index (χ3v) is 15.3. The van der Waals surface area contributed by atoms with E-state index in [1.165, 1.54) is 238 Å². The predicted molar refractivity (Wildman–Crippen MR) is 335 cm³/mol. The number of ether oxygens (including phenoxy) is 3. The van der Waals surface area contributed by atoms with Crippen molar-refractivity contribution in [3.63, 3.8) is 0 Å². The van der Waals surface area contributed by atoms with Gasteiger partial charge in [0.25, 0.3) is 0 Å². The number of esters is 3. The second-order valence-electron chi connectivity index (χ2n) is 23.1. The van der Waals surface area contributed by atoms with Crippen molar-refractivity contribution in [2.45, 2.75) is 374 Å². The third-order valence-electron chi connectivity index (χ3n) is 15.3. The van der Waals surface area contributed by atoms with Crippen LogP contribution in [0.15, 0.2) is 48.6 Å². The summed E-state index contributed by atoms with van der Waals surface area (Å²) in [5.74, 6) is -0.875. The summed E-state index contributed by atoms with van der Waals surface area (Å²) in [6.07, 6.45) is 83.0. The molecule has 0 N–H and O–H groups in total. The molecule has 0 aliphatic rings. The first-order chi connectivity index (χ1) is 38.0. The van der Waals surface area contributed by atoms with Gasteiger partial charge in [0, 0.05) is 19.3 Å². The minimum Gasteiger partial charge on any atom is -0.462 e. The lowest BCUT2D eigenvalue weighted by Crippen LogP contribution is -2.30. The average Bonchev–Trinajstić information content (AvgIpc) is 3.43. The summed E-state index contributed by atoms with van der Waals surface area (Å²) in [4.78, 5) is 38.3. The molecule has 0 aromatic rings. The predicted octanol–water partition coefficient (Wildman–Crippen LogP) is 23.3. The third kappa shape index (κ3) is 64.1. The van der Waals surface area contributed by atoms with Crippen LogP contribution in [0.3, 0.4) is 0 Å². The number of allylic oxidation sites excluding steroid dienone is 8. The van der Waals surface area contributed by atoms with E-state index in [0.717, 1.165) is 89.9 Å². The van der Waals surface area contributed by atoms with Crippen molar-refractivity contribution in [1.82, 2.24) is 0 Å². The first-order valence-electron chi connectivity index (χ1n) is 34.1. The summed E-state index contributed by atoms with van der Waals surface area (Å²) in [6.45, 7) is 6.55. The molecule has 0 amide bonds. The Kier molecular flexibility index (Phi) is 63.6. The van der Waals surface area contributed by atoms with Crippen molar-refractivity contribution in [3.05, 3.63) is 48.6 Å². The summed E-state index contributed by atoms with van der Waals surface area (Å²) < 4.78 is 16.9. The zero-order chi connectivity index (χ0) is 55.7. The second-order valence-corrected chi connectivity index (χ2v) is 23.1. The molecule has 0 spiro atoms. The molecule has 0 fully saturated rings. The van der Waals surface area contributed by atoms with Gasteiger partial charge >= 0.3 is 17.9 Å². The van der Waals surface area contributed by atoms with E-state index in [1.54, 1.807) is 0 Å². The molecule has 0 saturated carbocycles. The van der Waals surface area contributed by atoms with Crippen molar-refractivity contribution in [3.8, 4) is 0 Å². The van der Waals surface area contributed by atoms with Gasteiger partial charge in [-0.25, -0.2) is 0 Å². The molecule has 6 heteroatoms. The maximum atomic E-state index is 12.9. The minimum atomic E-state index is -0.781. The second kappa shape index (κ2) is 65.9. The summed E-state index contributed by atoms with van der Waals surface area (Å²) in [5.41, 5.74) is 0. The highest BCUT2D eigenvalue weighted by Gasteiger charge is 2.19. The summed E-state index contributed by atoms with van der Waals surface area (Å²) in [7, 11) is 0. The van der Waals surface area contributed by atoms with E-state index in [-0.39, 0.29) is 31.1 Å². The topological polar surface area (TPSA) is 78.9 Å². The van der Waals surface area contributed by atoms with Gasteiger partial charge in [-0.15, -0.1) is 0 Å². The highest BCUT2D eigenvalue weighted by molar-refractivity contribution is 5.71. The summed E-state index contributed by atoms with van der Waals surface area (Å²) >= 11 is 0. The Bertz CT molecular complexity index is 1330. The molecule has 0 aliphatic carbocycles. The number of carbonyl (C=O) groups is 3. The number of hydrogen-bond acceptors (Lipinski definition) is 6. The molecule has 1 unspecified atom stereocenters. The van der Waals surface area contributed by atoms with Crippen molar-refractivity contribution in [2.24, 2.45) is 0 Å². The smallest absolute Gasteiger partial charge is 0.306 e. The van der Waals surface area contributed by atoms with Crippen LogP contribution in [-0.2, 0) is 28.6 Å². The number of carbonyl (C=O) groups excluding carboxylic acids is 3. The number of hydrogen-bond donors (Lipinski definition) is 0. The molecule has 450 valence electrons. The molecule has 0 aliphatic heterocycles. The summed E-state index contributed by atoms with van der Waals surface area (Å²) in [6, 6.07) is 0. The van der Waals surface area contributed by atoms with Crippen LogP contribution in [0.25, 0.3) is 0 Å². The van der Waals surface area contributed by atoms with Crippen molar-refractivity contribution in [1.29, 1.82) is 0 Å². The number of unbranched alkanes of at least 4 members (excludes halogenated alkanes) is 44. The molecule has 0 aromatic heterocycles. The number of rotatable bonds is 63. The fourth-order valence-corrected chi connectivity index (χ4v) is 10.2. The van der Waals surface area contributed by atoms with Gasteiger partial charge in [0.2, 0.25) is 0 Å². The van der Waals surface area contributed by atoms with Crippen molar-refractivity contribution < 1.29 is 28.6 Å². The fraction of sp³-hybridized carbons (Fsp3) is 0.845. The Morgan fingerprint density at radius 2 is 0.506 bits per heavy atom. The Morgan fingerprint density at radius 3 is 0.831 bits per heavy atom. The van der Waals surface area contributed by atoms with Gasteiger partial charge < -0.3 is 14.2 Å².